The van der Waals surface area contributed by atoms with E-state index < -0.39 is 0 Å². The standard InChI is InChI=1S/C16H22FN3/c1-3-13(2)20-11-9-16(19-20)12-18-10-8-14-4-6-15(17)7-5-14/h4-7,9,11,13,18H,3,8,10,12H2,1-2H3. The van der Waals surface area contributed by atoms with Gasteiger partial charge in [0.05, 0.1) is 5.69 Å². The molecule has 0 saturated carbocycles. The van der Waals surface area contributed by atoms with E-state index in [4.69, 9.17) is 0 Å². The molecule has 108 valence electrons. The summed E-state index contributed by atoms with van der Waals surface area (Å²) in [6.45, 7) is 5.96. The second kappa shape index (κ2) is 7.20. The van der Waals surface area contributed by atoms with Crippen LogP contribution in [0.15, 0.2) is 36.5 Å². The zero-order valence-corrected chi connectivity index (χ0v) is 12.1. The van der Waals surface area contributed by atoms with Gasteiger partial charge in [-0.2, -0.15) is 5.10 Å². The molecule has 1 aromatic heterocycles. The summed E-state index contributed by atoms with van der Waals surface area (Å²) in [5, 5.41) is 7.91. The lowest BCUT2D eigenvalue weighted by Gasteiger charge is -2.08. The Morgan fingerprint density at radius 2 is 2.00 bits per heavy atom. The van der Waals surface area contributed by atoms with Crippen molar-refractivity contribution in [3.8, 4) is 0 Å². The second-order valence-corrected chi connectivity index (χ2v) is 5.10. The number of benzene rings is 1. The molecule has 2 aromatic rings. The topological polar surface area (TPSA) is 29.9 Å². The van der Waals surface area contributed by atoms with Gasteiger partial charge in [-0.15, -0.1) is 0 Å². The highest BCUT2D eigenvalue weighted by molar-refractivity contribution is 5.16. The Hall–Kier alpha value is -1.68. The van der Waals surface area contributed by atoms with E-state index in [1.54, 1.807) is 0 Å². The summed E-state index contributed by atoms with van der Waals surface area (Å²) in [5.74, 6) is -0.183. The van der Waals surface area contributed by atoms with Gasteiger partial charge in [-0.25, -0.2) is 4.39 Å². The van der Waals surface area contributed by atoms with Gasteiger partial charge in [-0.3, -0.25) is 4.68 Å². The minimum atomic E-state index is -0.183. The molecule has 0 spiro atoms. The van der Waals surface area contributed by atoms with Crippen molar-refractivity contribution in [3.05, 3.63) is 53.6 Å². The molecule has 20 heavy (non-hydrogen) atoms. The predicted molar refractivity (Wildman–Crippen MR) is 79.0 cm³/mol. The molecular formula is C16H22FN3. The molecule has 2 rings (SSSR count). The zero-order chi connectivity index (χ0) is 14.4. The van der Waals surface area contributed by atoms with Gasteiger partial charge in [0, 0.05) is 18.8 Å². The summed E-state index contributed by atoms with van der Waals surface area (Å²) >= 11 is 0. The Bertz CT molecular complexity index is 519. The maximum absolute atomic E-state index is 12.8. The highest BCUT2D eigenvalue weighted by Crippen LogP contribution is 2.09. The molecule has 4 heteroatoms. The Balaban J connectivity index is 1.73. The summed E-state index contributed by atoms with van der Waals surface area (Å²) in [7, 11) is 0. The first-order chi connectivity index (χ1) is 9.69. The fourth-order valence-electron chi connectivity index (χ4n) is 2.00. The molecule has 0 fully saturated rings. The third kappa shape index (κ3) is 4.17. The fourth-order valence-corrected chi connectivity index (χ4v) is 2.00. The van der Waals surface area contributed by atoms with Crippen molar-refractivity contribution >= 4 is 0 Å². The summed E-state index contributed by atoms with van der Waals surface area (Å²) < 4.78 is 14.8. The van der Waals surface area contributed by atoms with E-state index in [9.17, 15) is 4.39 Å². The smallest absolute Gasteiger partial charge is 0.123 e. The maximum atomic E-state index is 12.8. The Morgan fingerprint density at radius 3 is 2.70 bits per heavy atom. The summed E-state index contributed by atoms with van der Waals surface area (Å²) in [6, 6.07) is 9.16. The first kappa shape index (κ1) is 14.7. The molecule has 1 aromatic carbocycles. The van der Waals surface area contributed by atoms with Crippen LogP contribution in [0.5, 0.6) is 0 Å². The first-order valence-corrected chi connectivity index (χ1v) is 7.18. The molecule has 3 nitrogen and oxygen atoms in total. The van der Waals surface area contributed by atoms with Crippen molar-refractivity contribution < 1.29 is 4.39 Å². The number of hydrogen-bond donors (Lipinski definition) is 1. The van der Waals surface area contributed by atoms with E-state index in [2.05, 4.69) is 30.3 Å². The third-order valence-electron chi connectivity index (χ3n) is 3.52. The minimum absolute atomic E-state index is 0.183. The van der Waals surface area contributed by atoms with E-state index in [1.165, 1.54) is 12.1 Å². The van der Waals surface area contributed by atoms with Crippen molar-refractivity contribution in [3.63, 3.8) is 0 Å². The molecule has 0 amide bonds. The van der Waals surface area contributed by atoms with Gasteiger partial charge in [-0.1, -0.05) is 19.1 Å². The van der Waals surface area contributed by atoms with Crippen LogP contribution in [-0.4, -0.2) is 16.3 Å². The number of aromatic nitrogens is 2. The van der Waals surface area contributed by atoms with Crippen LogP contribution in [0.1, 0.15) is 37.6 Å². The van der Waals surface area contributed by atoms with E-state index >= 15 is 0 Å². The Labute approximate surface area is 119 Å². The lowest BCUT2D eigenvalue weighted by atomic mass is 10.1. The van der Waals surface area contributed by atoms with E-state index in [0.717, 1.165) is 37.2 Å². The van der Waals surface area contributed by atoms with Crippen LogP contribution < -0.4 is 5.32 Å². The quantitative estimate of drug-likeness (QED) is 0.786. The molecule has 0 bridgehead atoms. The lowest BCUT2D eigenvalue weighted by Crippen LogP contribution is -2.17. The van der Waals surface area contributed by atoms with Crippen molar-refractivity contribution in [2.75, 3.05) is 6.54 Å². The van der Waals surface area contributed by atoms with Crippen LogP contribution >= 0.6 is 0 Å². The van der Waals surface area contributed by atoms with Crippen molar-refractivity contribution in [1.82, 2.24) is 15.1 Å². The zero-order valence-electron chi connectivity index (χ0n) is 12.1. The highest BCUT2D eigenvalue weighted by Gasteiger charge is 2.04. The Kier molecular flexibility index (Phi) is 5.30. The first-order valence-electron chi connectivity index (χ1n) is 7.18. The molecule has 0 aliphatic heterocycles. The monoisotopic (exact) mass is 275 g/mol. The van der Waals surface area contributed by atoms with Crippen LogP contribution in [0.4, 0.5) is 4.39 Å². The van der Waals surface area contributed by atoms with Crippen molar-refractivity contribution in [2.24, 2.45) is 0 Å². The highest BCUT2D eigenvalue weighted by atomic mass is 19.1. The fraction of sp³-hybridized carbons (Fsp3) is 0.438. The van der Waals surface area contributed by atoms with Gasteiger partial charge in [0.2, 0.25) is 0 Å². The van der Waals surface area contributed by atoms with Crippen LogP contribution in [0.2, 0.25) is 0 Å². The van der Waals surface area contributed by atoms with Gasteiger partial charge in [0.25, 0.3) is 0 Å². The Morgan fingerprint density at radius 1 is 1.25 bits per heavy atom. The van der Waals surface area contributed by atoms with Gasteiger partial charge in [0.15, 0.2) is 0 Å². The average Bonchev–Trinajstić information content (AvgIpc) is 2.93. The van der Waals surface area contributed by atoms with Crippen LogP contribution in [0, 0.1) is 5.82 Å². The van der Waals surface area contributed by atoms with Crippen molar-refractivity contribution in [1.29, 1.82) is 0 Å². The van der Waals surface area contributed by atoms with Gasteiger partial charge < -0.3 is 5.32 Å². The third-order valence-corrected chi connectivity index (χ3v) is 3.52. The van der Waals surface area contributed by atoms with E-state index in [0.29, 0.717) is 6.04 Å². The predicted octanol–water partition coefficient (Wildman–Crippen LogP) is 3.33. The van der Waals surface area contributed by atoms with Gasteiger partial charge in [-0.05, 0) is 50.1 Å². The average molecular weight is 275 g/mol. The molecule has 0 radical (unpaired) electrons. The minimum Gasteiger partial charge on any atom is -0.311 e. The van der Waals surface area contributed by atoms with E-state index in [-0.39, 0.29) is 5.82 Å². The van der Waals surface area contributed by atoms with Gasteiger partial charge >= 0.3 is 0 Å². The molecule has 0 aliphatic carbocycles. The summed E-state index contributed by atoms with van der Waals surface area (Å²) in [5.41, 5.74) is 2.20. The number of nitrogens with one attached hydrogen (secondary N) is 1. The van der Waals surface area contributed by atoms with Crippen LogP contribution in [0.25, 0.3) is 0 Å². The van der Waals surface area contributed by atoms with Gasteiger partial charge in [0.1, 0.15) is 5.82 Å². The largest absolute Gasteiger partial charge is 0.311 e. The molecule has 0 aliphatic rings. The number of nitrogens with zero attached hydrogens (tertiary/aromatic N) is 2. The number of halogens is 1. The summed E-state index contributed by atoms with van der Waals surface area (Å²) in [4.78, 5) is 0. The molecular weight excluding hydrogens is 253 g/mol. The molecule has 0 saturated heterocycles. The van der Waals surface area contributed by atoms with Crippen LogP contribution in [0.3, 0.4) is 0 Å². The van der Waals surface area contributed by atoms with Crippen LogP contribution in [-0.2, 0) is 13.0 Å². The maximum Gasteiger partial charge on any atom is 0.123 e. The van der Waals surface area contributed by atoms with E-state index in [1.807, 2.05) is 23.0 Å². The summed E-state index contributed by atoms with van der Waals surface area (Å²) in [6.07, 6.45) is 4.01. The molecule has 1 atom stereocenters. The SMILES string of the molecule is CCC(C)n1ccc(CNCCc2ccc(F)cc2)n1. The lowest BCUT2D eigenvalue weighted by molar-refractivity contribution is 0.471. The molecule has 1 heterocycles. The number of hydrogen-bond acceptors (Lipinski definition) is 2. The van der Waals surface area contributed by atoms with Crippen molar-refractivity contribution in [2.45, 2.75) is 39.3 Å². The molecule has 1 unspecified atom stereocenters. The normalized spacial score (nSPS) is 12.6. The second-order valence-electron chi connectivity index (χ2n) is 5.10. The number of rotatable bonds is 7. The molecule has 1 N–H and O–H groups in total.